The Bertz CT molecular complexity index is 768. The van der Waals surface area contributed by atoms with Crippen LogP contribution in [0.1, 0.15) is 5.56 Å². The van der Waals surface area contributed by atoms with Crippen LogP contribution in [0.3, 0.4) is 0 Å². The summed E-state index contributed by atoms with van der Waals surface area (Å²) in [4.78, 5) is 4.24. The van der Waals surface area contributed by atoms with Gasteiger partial charge >= 0.3 is 0 Å². The molecular formula is C17H15ClN2O. The van der Waals surface area contributed by atoms with E-state index in [1.807, 2.05) is 43.4 Å². The van der Waals surface area contributed by atoms with Crippen LogP contribution in [-0.4, -0.2) is 12.0 Å². The molecule has 0 fully saturated rings. The van der Waals surface area contributed by atoms with Crippen LogP contribution in [0.4, 0.5) is 0 Å². The number of aromatic nitrogens is 1. The first-order chi connectivity index (χ1) is 10.3. The van der Waals surface area contributed by atoms with Gasteiger partial charge in [-0.15, -0.1) is 0 Å². The van der Waals surface area contributed by atoms with Gasteiger partial charge in [0.2, 0.25) is 5.88 Å². The smallest absolute Gasteiger partial charge is 0.219 e. The summed E-state index contributed by atoms with van der Waals surface area (Å²) in [5.74, 6) is 1.33. The van der Waals surface area contributed by atoms with Crippen molar-refractivity contribution in [1.82, 2.24) is 10.3 Å². The second-order valence-electron chi connectivity index (χ2n) is 4.72. The zero-order valence-corrected chi connectivity index (χ0v) is 12.4. The number of hydrogen-bond donors (Lipinski definition) is 1. The van der Waals surface area contributed by atoms with Crippen LogP contribution in [0.25, 0.3) is 10.8 Å². The first-order valence-electron chi connectivity index (χ1n) is 6.72. The van der Waals surface area contributed by atoms with Gasteiger partial charge in [0, 0.05) is 24.2 Å². The fraction of sp³-hybridized carbons (Fsp3) is 0.118. The van der Waals surface area contributed by atoms with E-state index in [-0.39, 0.29) is 0 Å². The molecule has 0 atom stereocenters. The van der Waals surface area contributed by atoms with Crippen molar-refractivity contribution >= 4 is 22.4 Å². The maximum Gasteiger partial charge on any atom is 0.219 e. The van der Waals surface area contributed by atoms with Gasteiger partial charge in [0.25, 0.3) is 0 Å². The van der Waals surface area contributed by atoms with E-state index >= 15 is 0 Å². The first kappa shape index (κ1) is 13.9. The van der Waals surface area contributed by atoms with Crippen LogP contribution in [0.15, 0.2) is 54.7 Å². The van der Waals surface area contributed by atoms with Crippen LogP contribution in [0, 0.1) is 0 Å². The Balaban J connectivity index is 1.97. The normalized spacial score (nSPS) is 10.8. The van der Waals surface area contributed by atoms with Crippen molar-refractivity contribution in [2.24, 2.45) is 0 Å². The molecule has 3 rings (SSSR count). The Morgan fingerprint density at radius 3 is 2.81 bits per heavy atom. The minimum Gasteiger partial charge on any atom is -0.438 e. The van der Waals surface area contributed by atoms with E-state index in [0.29, 0.717) is 17.4 Å². The third kappa shape index (κ3) is 2.99. The summed E-state index contributed by atoms with van der Waals surface area (Å²) in [7, 11) is 1.88. The summed E-state index contributed by atoms with van der Waals surface area (Å²) in [5.41, 5.74) is 0.962. The van der Waals surface area contributed by atoms with Crippen molar-refractivity contribution < 1.29 is 4.74 Å². The van der Waals surface area contributed by atoms with E-state index in [1.54, 1.807) is 6.20 Å². The summed E-state index contributed by atoms with van der Waals surface area (Å²) in [6.45, 7) is 0.674. The molecule has 0 unspecified atom stereocenters. The molecule has 106 valence electrons. The van der Waals surface area contributed by atoms with Gasteiger partial charge < -0.3 is 10.1 Å². The average molecular weight is 299 g/mol. The molecule has 0 aliphatic rings. The maximum absolute atomic E-state index is 6.11. The first-order valence-corrected chi connectivity index (χ1v) is 7.10. The second kappa shape index (κ2) is 6.12. The lowest BCUT2D eigenvalue weighted by Gasteiger charge is -2.10. The highest BCUT2D eigenvalue weighted by Crippen LogP contribution is 2.30. The lowest BCUT2D eigenvalue weighted by molar-refractivity contribution is 0.467. The van der Waals surface area contributed by atoms with E-state index in [1.165, 1.54) is 0 Å². The van der Waals surface area contributed by atoms with Gasteiger partial charge in [-0.05, 0) is 24.1 Å². The molecule has 0 aliphatic carbocycles. The molecule has 1 aromatic heterocycles. The summed E-state index contributed by atoms with van der Waals surface area (Å²) < 4.78 is 5.94. The highest BCUT2D eigenvalue weighted by atomic mass is 35.5. The largest absolute Gasteiger partial charge is 0.438 e. The topological polar surface area (TPSA) is 34.1 Å². The van der Waals surface area contributed by atoms with Gasteiger partial charge in [0.1, 0.15) is 5.75 Å². The fourth-order valence-corrected chi connectivity index (χ4v) is 2.41. The van der Waals surface area contributed by atoms with E-state index in [2.05, 4.69) is 22.4 Å². The van der Waals surface area contributed by atoms with Gasteiger partial charge in [-0.2, -0.15) is 0 Å². The van der Waals surface area contributed by atoms with Crippen molar-refractivity contribution in [3.63, 3.8) is 0 Å². The summed E-state index contributed by atoms with van der Waals surface area (Å²) >= 11 is 6.11. The zero-order chi connectivity index (χ0) is 14.7. The number of halogens is 1. The molecular weight excluding hydrogens is 284 g/mol. The van der Waals surface area contributed by atoms with Crippen molar-refractivity contribution in [2.75, 3.05) is 7.05 Å². The van der Waals surface area contributed by atoms with Crippen molar-refractivity contribution in [1.29, 1.82) is 0 Å². The molecule has 21 heavy (non-hydrogen) atoms. The number of nitrogens with one attached hydrogen (secondary N) is 1. The Hall–Kier alpha value is -2.10. The molecule has 0 saturated carbocycles. The van der Waals surface area contributed by atoms with Gasteiger partial charge in [-0.1, -0.05) is 48.0 Å². The lowest BCUT2D eigenvalue weighted by atomic mass is 10.1. The Labute approximate surface area is 128 Å². The number of fused-ring (bicyclic) bond motifs is 1. The van der Waals surface area contributed by atoms with E-state index < -0.39 is 0 Å². The van der Waals surface area contributed by atoms with E-state index in [9.17, 15) is 0 Å². The van der Waals surface area contributed by atoms with Crippen LogP contribution in [-0.2, 0) is 6.54 Å². The number of benzene rings is 2. The van der Waals surface area contributed by atoms with Gasteiger partial charge in [0.15, 0.2) is 0 Å². The summed E-state index contributed by atoms with van der Waals surface area (Å²) in [6.07, 6.45) is 1.62. The van der Waals surface area contributed by atoms with E-state index in [4.69, 9.17) is 16.3 Å². The number of rotatable bonds is 4. The highest BCUT2D eigenvalue weighted by molar-refractivity contribution is 6.31. The van der Waals surface area contributed by atoms with Crippen LogP contribution in [0.2, 0.25) is 5.02 Å². The van der Waals surface area contributed by atoms with Gasteiger partial charge in [-0.25, -0.2) is 4.98 Å². The Morgan fingerprint density at radius 1 is 1.14 bits per heavy atom. The highest BCUT2D eigenvalue weighted by Gasteiger charge is 2.07. The maximum atomic E-state index is 6.11. The number of pyridine rings is 1. The van der Waals surface area contributed by atoms with Crippen molar-refractivity contribution in [3.8, 4) is 11.6 Å². The minimum absolute atomic E-state index is 0.543. The third-order valence-electron chi connectivity index (χ3n) is 3.24. The number of ether oxygens (including phenoxy) is 1. The lowest BCUT2D eigenvalue weighted by Crippen LogP contribution is -2.06. The molecule has 1 heterocycles. The molecule has 2 aromatic carbocycles. The van der Waals surface area contributed by atoms with Crippen molar-refractivity contribution in [2.45, 2.75) is 6.54 Å². The third-order valence-corrected chi connectivity index (χ3v) is 3.58. The molecule has 4 heteroatoms. The van der Waals surface area contributed by atoms with Crippen LogP contribution in [0.5, 0.6) is 11.6 Å². The molecule has 0 aliphatic heterocycles. The standard InChI is InChI=1S/C17H15ClN2O/c1-19-10-13-9-17(20-11-15(13)18)21-16-8-4-6-12-5-2-3-7-14(12)16/h2-9,11,19H,10H2,1H3. The molecule has 0 spiro atoms. The molecule has 3 aromatic rings. The fourth-order valence-electron chi connectivity index (χ4n) is 2.24. The quantitative estimate of drug-likeness (QED) is 0.775. The van der Waals surface area contributed by atoms with Crippen LogP contribution >= 0.6 is 11.6 Å². The second-order valence-corrected chi connectivity index (χ2v) is 5.13. The van der Waals surface area contributed by atoms with Gasteiger partial charge in [-0.3, -0.25) is 0 Å². The monoisotopic (exact) mass is 298 g/mol. The molecule has 0 radical (unpaired) electrons. The van der Waals surface area contributed by atoms with Gasteiger partial charge in [0.05, 0.1) is 5.02 Å². The zero-order valence-electron chi connectivity index (χ0n) is 11.6. The number of hydrogen-bond acceptors (Lipinski definition) is 3. The predicted octanol–water partition coefficient (Wildman–Crippen LogP) is 4.40. The number of nitrogens with zero attached hydrogens (tertiary/aromatic N) is 1. The predicted molar refractivity (Wildman–Crippen MR) is 86.0 cm³/mol. The summed E-state index contributed by atoms with van der Waals surface area (Å²) in [5, 5.41) is 5.91. The minimum atomic E-state index is 0.543. The van der Waals surface area contributed by atoms with E-state index in [0.717, 1.165) is 22.1 Å². The molecule has 3 nitrogen and oxygen atoms in total. The molecule has 0 amide bonds. The molecule has 0 bridgehead atoms. The molecule has 0 saturated heterocycles. The SMILES string of the molecule is CNCc1cc(Oc2cccc3ccccc23)ncc1Cl. The molecule has 1 N–H and O–H groups in total. The van der Waals surface area contributed by atoms with Crippen molar-refractivity contribution in [3.05, 3.63) is 65.3 Å². The summed E-state index contributed by atoms with van der Waals surface area (Å²) in [6, 6.07) is 15.9. The Kier molecular flexibility index (Phi) is 4.04. The average Bonchev–Trinajstić information content (AvgIpc) is 2.51. The van der Waals surface area contributed by atoms with Crippen LogP contribution < -0.4 is 10.1 Å². The Morgan fingerprint density at radius 2 is 1.95 bits per heavy atom.